The fourth-order valence-electron chi connectivity index (χ4n) is 2.34. The molecule has 2 atom stereocenters. The molecule has 2 heterocycles. The third-order valence-electron chi connectivity index (χ3n) is 3.79. The van der Waals surface area contributed by atoms with E-state index in [0.717, 1.165) is 36.9 Å². The molecular formula is C13H23N3OS. The first-order valence-corrected chi connectivity index (χ1v) is 7.34. The summed E-state index contributed by atoms with van der Waals surface area (Å²) in [7, 11) is 1.72. The van der Waals surface area contributed by atoms with Gasteiger partial charge >= 0.3 is 0 Å². The number of nitrogens with zero attached hydrogens (tertiary/aromatic N) is 2. The van der Waals surface area contributed by atoms with Gasteiger partial charge in [0.25, 0.3) is 0 Å². The number of methoxy groups -OCH3 is 1. The van der Waals surface area contributed by atoms with Gasteiger partial charge in [-0.15, -0.1) is 11.3 Å². The summed E-state index contributed by atoms with van der Waals surface area (Å²) in [4.78, 5) is 7.09. The molecule has 0 amide bonds. The molecule has 1 aromatic heterocycles. The fourth-order valence-corrected chi connectivity index (χ4v) is 3.18. The van der Waals surface area contributed by atoms with Gasteiger partial charge in [0.2, 0.25) is 0 Å². The summed E-state index contributed by atoms with van der Waals surface area (Å²) in [6.07, 6.45) is 1.28. The second kappa shape index (κ2) is 5.65. The van der Waals surface area contributed by atoms with E-state index in [-0.39, 0.29) is 6.10 Å². The molecule has 0 aliphatic carbocycles. The molecule has 18 heavy (non-hydrogen) atoms. The van der Waals surface area contributed by atoms with E-state index in [4.69, 9.17) is 10.5 Å². The Balaban J connectivity index is 1.93. The molecule has 1 aromatic rings. The normalized spacial score (nSPS) is 26.7. The van der Waals surface area contributed by atoms with Crippen LogP contribution in [0.4, 0.5) is 0 Å². The number of rotatable bonds is 5. The summed E-state index contributed by atoms with van der Waals surface area (Å²) in [6, 6.07) is 0. The van der Waals surface area contributed by atoms with Gasteiger partial charge in [-0.25, -0.2) is 4.98 Å². The third kappa shape index (κ3) is 3.09. The van der Waals surface area contributed by atoms with E-state index >= 15 is 0 Å². The first-order valence-electron chi connectivity index (χ1n) is 6.46. The summed E-state index contributed by atoms with van der Waals surface area (Å²) in [5.74, 6) is 0. The number of ether oxygens (including phenoxy) is 1. The number of hydrogen-bond acceptors (Lipinski definition) is 5. The Morgan fingerprint density at radius 1 is 1.67 bits per heavy atom. The number of likely N-dealkylation sites (tertiary alicyclic amines) is 1. The van der Waals surface area contributed by atoms with E-state index in [1.165, 1.54) is 6.42 Å². The van der Waals surface area contributed by atoms with Gasteiger partial charge in [-0.2, -0.15) is 0 Å². The molecular weight excluding hydrogens is 246 g/mol. The highest BCUT2D eigenvalue weighted by molar-refractivity contribution is 7.09. The van der Waals surface area contributed by atoms with Crippen LogP contribution in [0.15, 0.2) is 5.38 Å². The zero-order valence-electron chi connectivity index (χ0n) is 11.5. The highest BCUT2D eigenvalue weighted by Gasteiger charge is 2.32. The van der Waals surface area contributed by atoms with E-state index in [1.807, 2.05) is 6.92 Å². The number of thiazole rings is 1. The molecule has 1 aliphatic heterocycles. The summed E-state index contributed by atoms with van der Waals surface area (Å²) < 4.78 is 5.29. The number of aromatic nitrogens is 1. The standard InChI is InChI=1S/C13H23N3OS/c1-10(17-3)12-15-11(7-18-12)6-16-5-4-13(2,8-14)9-16/h7,10H,4-6,8-9,14H2,1-3H3. The van der Waals surface area contributed by atoms with E-state index in [0.29, 0.717) is 5.41 Å². The molecule has 2 unspecified atom stereocenters. The molecule has 0 saturated carbocycles. The van der Waals surface area contributed by atoms with E-state index in [2.05, 4.69) is 22.2 Å². The molecule has 0 spiro atoms. The van der Waals surface area contributed by atoms with Crippen molar-refractivity contribution >= 4 is 11.3 Å². The van der Waals surface area contributed by atoms with Crippen LogP contribution in [0.25, 0.3) is 0 Å². The van der Waals surface area contributed by atoms with E-state index in [1.54, 1.807) is 18.4 Å². The molecule has 2 N–H and O–H groups in total. The highest BCUT2D eigenvalue weighted by Crippen LogP contribution is 2.30. The number of hydrogen-bond donors (Lipinski definition) is 1. The Bertz CT molecular complexity index is 395. The van der Waals surface area contributed by atoms with Crippen LogP contribution >= 0.6 is 11.3 Å². The third-order valence-corrected chi connectivity index (χ3v) is 4.84. The Labute approximate surface area is 113 Å². The molecule has 2 rings (SSSR count). The maximum Gasteiger partial charge on any atom is 0.122 e. The Kier molecular flexibility index (Phi) is 4.37. The summed E-state index contributed by atoms with van der Waals surface area (Å²) >= 11 is 1.68. The minimum absolute atomic E-state index is 0.0941. The van der Waals surface area contributed by atoms with Gasteiger partial charge in [0.05, 0.1) is 5.69 Å². The van der Waals surface area contributed by atoms with Crippen LogP contribution in [-0.2, 0) is 11.3 Å². The Morgan fingerprint density at radius 3 is 3.06 bits per heavy atom. The lowest BCUT2D eigenvalue weighted by Crippen LogP contribution is -2.31. The fraction of sp³-hybridized carbons (Fsp3) is 0.769. The molecule has 102 valence electrons. The van der Waals surface area contributed by atoms with Crippen LogP contribution < -0.4 is 5.73 Å². The lowest BCUT2D eigenvalue weighted by Gasteiger charge is -2.22. The second-order valence-electron chi connectivity index (χ2n) is 5.53. The monoisotopic (exact) mass is 269 g/mol. The van der Waals surface area contributed by atoms with Crippen LogP contribution in [0.5, 0.6) is 0 Å². The second-order valence-corrected chi connectivity index (χ2v) is 6.42. The van der Waals surface area contributed by atoms with Crippen molar-refractivity contribution in [1.29, 1.82) is 0 Å². The van der Waals surface area contributed by atoms with Crippen molar-refractivity contribution < 1.29 is 4.74 Å². The first kappa shape index (κ1) is 13.9. The van der Waals surface area contributed by atoms with Crippen LogP contribution in [0, 0.1) is 5.41 Å². The maximum atomic E-state index is 5.83. The highest BCUT2D eigenvalue weighted by atomic mass is 32.1. The van der Waals surface area contributed by atoms with Crippen LogP contribution in [-0.4, -0.2) is 36.6 Å². The summed E-state index contributed by atoms with van der Waals surface area (Å²) in [5, 5.41) is 3.21. The average molecular weight is 269 g/mol. The predicted octanol–water partition coefficient (Wildman–Crippen LogP) is 2.02. The molecule has 0 bridgehead atoms. The van der Waals surface area contributed by atoms with Crippen molar-refractivity contribution in [3.63, 3.8) is 0 Å². The quantitative estimate of drug-likeness (QED) is 0.888. The zero-order chi connectivity index (χ0) is 13.2. The molecule has 0 aromatic carbocycles. The lowest BCUT2D eigenvalue weighted by molar-refractivity contribution is 0.119. The average Bonchev–Trinajstić information content (AvgIpc) is 2.97. The minimum Gasteiger partial charge on any atom is -0.375 e. The summed E-state index contributed by atoms with van der Waals surface area (Å²) in [5.41, 5.74) is 7.27. The van der Waals surface area contributed by atoms with Crippen molar-refractivity contribution in [3.05, 3.63) is 16.1 Å². The largest absolute Gasteiger partial charge is 0.375 e. The first-order chi connectivity index (χ1) is 8.56. The Hall–Kier alpha value is -0.490. The van der Waals surface area contributed by atoms with Crippen molar-refractivity contribution in [1.82, 2.24) is 9.88 Å². The van der Waals surface area contributed by atoms with Gasteiger partial charge in [0.15, 0.2) is 0 Å². The van der Waals surface area contributed by atoms with Gasteiger partial charge in [0, 0.05) is 25.6 Å². The van der Waals surface area contributed by atoms with Crippen molar-refractivity contribution in [2.45, 2.75) is 32.9 Å². The molecule has 4 nitrogen and oxygen atoms in total. The van der Waals surface area contributed by atoms with Gasteiger partial charge in [-0.3, -0.25) is 4.90 Å². The molecule has 5 heteroatoms. The minimum atomic E-state index is 0.0941. The van der Waals surface area contributed by atoms with Crippen molar-refractivity contribution in [2.24, 2.45) is 11.1 Å². The topological polar surface area (TPSA) is 51.4 Å². The SMILES string of the molecule is COC(C)c1nc(CN2CCC(C)(CN)C2)cs1. The predicted molar refractivity (Wildman–Crippen MR) is 74.6 cm³/mol. The van der Waals surface area contributed by atoms with Crippen LogP contribution in [0.2, 0.25) is 0 Å². The van der Waals surface area contributed by atoms with E-state index < -0.39 is 0 Å². The van der Waals surface area contributed by atoms with Gasteiger partial charge in [-0.05, 0) is 31.8 Å². The Morgan fingerprint density at radius 2 is 2.44 bits per heavy atom. The lowest BCUT2D eigenvalue weighted by atomic mass is 9.90. The molecule has 0 radical (unpaired) electrons. The van der Waals surface area contributed by atoms with Crippen LogP contribution in [0.3, 0.4) is 0 Å². The van der Waals surface area contributed by atoms with Gasteiger partial charge in [-0.1, -0.05) is 6.92 Å². The smallest absolute Gasteiger partial charge is 0.122 e. The van der Waals surface area contributed by atoms with Gasteiger partial charge < -0.3 is 10.5 Å². The number of nitrogens with two attached hydrogens (primary N) is 1. The molecule has 1 saturated heterocycles. The zero-order valence-corrected chi connectivity index (χ0v) is 12.3. The molecule has 1 fully saturated rings. The van der Waals surface area contributed by atoms with Crippen molar-refractivity contribution in [2.75, 3.05) is 26.7 Å². The van der Waals surface area contributed by atoms with Gasteiger partial charge in [0.1, 0.15) is 11.1 Å². The molecule has 1 aliphatic rings. The summed E-state index contributed by atoms with van der Waals surface area (Å²) in [6.45, 7) is 8.21. The van der Waals surface area contributed by atoms with E-state index in [9.17, 15) is 0 Å². The maximum absolute atomic E-state index is 5.83. The van der Waals surface area contributed by atoms with Crippen LogP contribution in [0.1, 0.15) is 37.1 Å². The van der Waals surface area contributed by atoms with Crippen molar-refractivity contribution in [3.8, 4) is 0 Å².